The lowest BCUT2D eigenvalue weighted by Crippen LogP contribution is -2.42. The van der Waals surface area contributed by atoms with Crippen LogP contribution in [0.1, 0.15) is 19.3 Å². The van der Waals surface area contributed by atoms with E-state index in [0.29, 0.717) is 11.1 Å². The molecule has 0 aliphatic carbocycles. The van der Waals surface area contributed by atoms with Crippen molar-refractivity contribution in [1.82, 2.24) is 10.3 Å². The van der Waals surface area contributed by atoms with Crippen molar-refractivity contribution in [2.24, 2.45) is 0 Å². The molecule has 1 N–H and O–H groups in total. The molecule has 94 valence electrons. The fraction of sp³-hybridized carbons (Fsp3) is 0.385. The molecule has 18 heavy (non-hydrogen) atoms. The van der Waals surface area contributed by atoms with Gasteiger partial charge in [-0.3, -0.25) is 0 Å². The van der Waals surface area contributed by atoms with Crippen LogP contribution in [0.15, 0.2) is 28.7 Å². The van der Waals surface area contributed by atoms with Crippen LogP contribution in [-0.2, 0) is 4.79 Å². The Hall–Kier alpha value is -1.88. The Morgan fingerprint density at radius 1 is 1.39 bits per heavy atom. The van der Waals surface area contributed by atoms with E-state index in [-0.39, 0.29) is 18.1 Å². The normalized spacial score (nSPS) is 19.9. The molecule has 1 aromatic heterocycles. The van der Waals surface area contributed by atoms with E-state index in [0.717, 1.165) is 25.8 Å². The molecule has 0 amide bonds. The summed E-state index contributed by atoms with van der Waals surface area (Å²) in [6.07, 6.45) is 2.97. The molecular weight excluding hydrogens is 232 g/mol. The number of nitrogens with one attached hydrogen (secondary N) is 1. The maximum atomic E-state index is 11.9. The second-order valence-corrected chi connectivity index (χ2v) is 4.37. The summed E-state index contributed by atoms with van der Waals surface area (Å²) < 4.78 is 10.5. The van der Waals surface area contributed by atoms with Crippen LogP contribution in [0.5, 0.6) is 6.08 Å². The lowest BCUT2D eigenvalue weighted by molar-refractivity contribution is -0.138. The van der Waals surface area contributed by atoms with Crippen LogP contribution < -0.4 is 10.1 Å². The monoisotopic (exact) mass is 246 g/mol. The topological polar surface area (TPSA) is 64.4 Å². The molecule has 1 unspecified atom stereocenters. The summed E-state index contributed by atoms with van der Waals surface area (Å²) in [6, 6.07) is 7.07. The first-order valence-corrected chi connectivity index (χ1v) is 6.13. The third-order valence-corrected chi connectivity index (χ3v) is 3.06. The number of ether oxygens (including phenoxy) is 1. The highest BCUT2D eigenvalue weighted by atomic mass is 16.6. The van der Waals surface area contributed by atoms with Crippen molar-refractivity contribution < 1.29 is 13.9 Å². The highest BCUT2D eigenvalue weighted by Gasteiger charge is 2.24. The zero-order chi connectivity index (χ0) is 12.4. The predicted octanol–water partition coefficient (Wildman–Crippen LogP) is 1.88. The lowest BCUT2D eigenvalue weighted by Gasteiger charge is -2.20. The standard InChI is InChI=1S/C13H14N2O3/c16-12(10-6-3-4-8-14-10)18-13-15-9-5-1-2-7-11(9)17-13/h1-2,5,7,10,14H,3-4,6,8H2. The number of fused-ring (bicyclic) bond motifs is 1. The molecular formula is C13H14N2O3. The molecule has 0 spiro atoms. The quantitative estimate of drug-likeness (QED) is 0.819. The smallest absolute Gasteiger partial charge is 0.402 e. The van der Waals surface area contributed by atoms with Crippen molar-refractivity contribution in [1.29, 1.82) is 0 Å². The first-order valence-electron chi connectivity index (χ1n) is 6.13. The Balaban J connectivity index is 1.73. The van der Waals surface area contributed by atoms with E-state index in [2.05, 4.69) is 10.3 Å². The van der Waals surface area contributed by atoms with Gasteiger partial charge in [0.25, 0.3) is 0 Å². The number of para-hydroxylation sites is 2. The second-order valence-electron chi connectivity index (χ2n) is 4.37. The predicted molar refractivity (Wildman–Crippen MR) is 65.3 cm³/mol. The van der Waals surface area contributed by atoms with Crippen molar-refractivity contribution in [2.75, 3.05) is 6.54 Å². The summed E-state index contributed by atoms with van der Waals surface area (Å²) >= 11 is 0. The van der Waals surface area contributed by atoms with Gasteiger partial charge >= 0.3 is 12.0 Å². The lowest BCUT2D eigenvalue weighted by atomic mass is 10.1. The third-order valence-electron chi connectivity index (χ3n) is 3.06. The highest BCUT2D eigenvalue weighted by molar-refractivity contribution is 5.79. The second kappa shape index (κ2) is 4.78. The zero-order valence-electron chi connectivity index (χ0n) is 9.89. The molecule has 2 aromatic rings. The van der Waals surface area contributed by atoms with Crippen LogP contribution in [0, 0.1) is 0 Å². The minimum atomic E-state index is -0.318. The van der Waals surface area contributed by atoms with Gasteiger partial charge < -0.3 is 14.5 Å². The zero-order valence-corrected chi connectivity index (χ0v) is 9.89. The SMILES string of the molecule is O=C(Oc1nc2ccccc2o1)C1CCCCN1. The first kappa shape index (κ1) is 11.2. The van der Waals surface area contributed by atoms with Crippen molar-refractivity contribution in [3.05, 3.63) is 24.3 Å². The van der Waals surface area contributed by atoms with Gasteiger partial charge in [-0.15, -0.1) is 0 Å². The van der Waals surface area contributed by atoms with E-state index in [1.165, 1.54) is 0 Å². The van der Waals surface area contributed by atoms with Crippen molar-refractivity contribution in [2.45, 2.75) is 25.3 Å². The number of carbonyl (C=O) groups excluding carboxylic acids is 1. The maximum Gasteiger partial charge on any atom is 0.402 e. The van der Waals surface area contributed by atoms with Gasteiger partial charge in [0.1, 0.15) is 11.6 Å². The van der Waals surface area contributed by atoms with E-state index in [4.69, 9.17) is 9.15 Å². The van der Waals surface area contributed by atoms with Crippen LogP contribution >= 0.6 is 0 Å². The Bertz CT molecular complexity index is 525. The number of carbonyl (C=O) groups is 1. The van der Waals surface area contributed by atoms with Gasteiger partial charge in [0, 0.05) is 0 Å². The van der Waals surface area contributed by atoms with Crippen LogP contribution in [0.2, 0.25) is 0 Å². The molecule has 3 rings (SSSR count). The number of hydrogen-bond acceptors (Lipinski definition) is 5. The molecule has 1 saturated heterocycles. The molecule has 5 nitrogen and oxygen atoms in total. The minimum Gasteiger partial charge on any atom is -0.409 e. The fourth-order valence-electron chi connectivity index (χ4n) is 2.10. The number of rotatable bonds is 2. The van der Waals surface area contributed by atoms with Crippen LogP contribution in [0.25, 0.3) is 11.1 Å². The number of oxazole rings is 1. The summed E-state index contributed by atoms with van der Waals surface area (Å²) in [7, 11) is 0. The maximum absolute atomic E-state index is 11.9. The number of benzene rings is 1. The third kappa shape index (κ3) is 2.22. The van der Waals surface area contributed by atoms with Gasteiger partial charge in [-0.1, -0.05) is 18.6 Å². The van der Waals surface area contributed by atoms with E-state index < -0.39 is 0 Å². The highest BCUT2D eigenvalue weighted by Crippen LogP contribution is 2.20. The number of aromatic nitrogens is 1. The number of esters is 1. The first-order chi connectivity index (χ1) is 8.83. The van der Waals surface area contributed by atoms with Gasteiger partial charge in [0.05, 0.1) is 0 Å². The van der Waals surface area contributed by atoms with E-state index in [1.54, 1.807) is 6.07 Å². The van der Waals surface area contributed by atoms with Gasteiger partial charge in [-0.05, 0) is 31.5 Å². The Morgan fingerprint density at radius 3 is 3.06 bits per heavy atom. The average molecular weight is 246 g/mol. The van der Waals surface area contributed by atoms with Crippen LogP contribution in [-0.4, -0.2) is 23.5 Å². The minimum absolute atomic E-state index is 0.0218. The molecule has 1 aliphatic rings. The summed E-state index contributed by atoms with van der Waals surface area (Å²) in [6.45, 7) is 0.854. The van der Waals surface area contributed by atoms with Crippen LogP contribution in [0.3, 0.4) is 0 Å². The fourth-order valence-corrected chi connectivity index (χ4v) is 2.10. The molecule has 5 heteroatoms. The Morgan fingerprint density at radius 2 is 2.28 bits per heavy atom. The van der Waals surface area contributed by atoms with Crippen molar-refractivity contribution >= 4 is 17.1 Å². The molecule has 1 aliphatic heterocycles. The largest absolute Gasteiger partial charge is 0.409 e. The van der Waals surface area contributed by atoms with E-state index in [1.807, 2.05) is 18.2 Å². The molecule has 1 atom stereocenters. The Labute approximate surface area is 104 Å². The van der Waals surface area contributed by atoms with Gasteiger partial charge in [-0.25, -0.2) is 4.79 Å². The summed E-state index contributed by atoms with van der Waals surface area (Å²) in [5, 5.41) is 3.13. The average Bonchev–Trinajstić information content (AvgIpc) is 2.82. The van der Waals surface area contributed by atoms with Gasteiger partial charge in [0.2, 0.25) is 0 Å². The molecule has 0 bridgehead atoms. The summed E-state index contributed by atoms with van der Waals surface area (Å²) in [4.78, 5) is 16.0. The Kier molecular flexibility index (Phi) is 2.98. The molecule has 0 radical (unpaired) electrons. The summed E-state index contributed by atoms with van der Waals surface area (Å²) in [5.74, 6) is -0.318. The van der Waals surface area contributed by atoms with Crippen molar-refractivity contribution in [3.8, 4) is 6.08 Å². The summed E-state index contributed by atoms with van der Waals surface area (Å²) in [5.41, 5.74) is 1.31. The molecule has 2 heterocycles. The van der Waals surface area contributed by atoms with Crippen LogP contribution in [0.4, 0.5) is 0 Å². The molecule has 0 saturated carbocycles. The van der Waals surface area contributed by atoms with E-state index in [9.17, 15) is 4.79 Å². The van der Waals surface area contributed by atoms with E-state index >= 15 is 0 Å². The number of hydrogen-bond donors (Lipinski definition) is 1. The van der Waals surface area contributed by atoms with Gasteiger partial charge in [0.15, 0.2) is 5.58 Å². The number of nitrogens with zero attached hydrogens (tertiary/aromatic N) is 1. The van der Waals surface area contributed by atoms with Gasteiger partial charge in [-0.2, -0.15) is 4.98 Å². The van der Waals surface area contributed by atoms with Crippen molar-refractivity contribution in [3.63, 3.8) is 0 Å². The molecule has 1 aromatic carbocycles. The number of piperidine rings is 1. The molecule has 1 fully saturated rings.